The largest absolute Gasteiger partial charge is 0.394 e. The first-order valence-corrected chi connectivity index (χ1v) is 4.32. The summed E-state index contributed by atoms with van der Waals surface area (Å²) in [4.78, 5) is 0. The number of nitrogens with one attached hydrogen (secondary N) is 1. The van der Waals surface area contributed by atoms with Gasteiger partial charge >= 0.3 is 0 Å². The molecule has 1 heterocycles. The summed E-state index contributed by atoms with van der Waals surface area (Å²) >= 11 is 0. The summed E-state index contributed by atoms with van der Waals surface area (Å²) in [6.45, 7) is 2.32. The zero-order valence-corrected chi connectivity index (χ0v) is 7.45. The molecule has 1 saturated heterocycles. The Morgan fingerprint density at radius 3 is 3.17 bits per heavy atom. The molecule has 0 aliphatic carbocycles. The van der Waals surface area contributed by atoms with E-state index in [9.17, 15) is 0 Å². The lowest BCUT2D eigenvalue weighted by Crippen LogP contribution is -2.39. The van der Waals surface area contributed by atoms with E-state index in [2.05, 4.69) is 5.32 Å². The van der Waals surface area contributed by atoms with E-state index in [0.29, 0.717) is 6.61 Å². The van der Waals surface area contributed by atoms with Crippen molar-refractivity contribution in [2.24, 2.45) is 0 Å². The smallest absolute Gasteiger partial charge is 0.0930 e. The first-order valence-electron chi connectivity index (χ1n) is 4.32. The van der Waals surface area contributed by atoms with Crippen molar-refractivity contribution >= 4 is 0 Å². The van der Waals surface area contributed by atoms with Gasteiger partial charge in [-0.1, -0.05) is 0 Å². The zero-order chi connectivity index (χ0) is 8.81. The summed E-state index contributed by atoms with van der Waals surface area (Å²) in [5.74, 6) is 0. The van der Waals surface area contributed by atoms with Crippen LogP contribution in [-0.4, -0.2) is 50.7 Å². The Morgan fingerprint density at radius 1 is 1.67 bits per heavy atom. The Hall–Kier alpha value is -0.160. The lowest BCUT2D eigenvalue weighted by atomic mass is 10.2. The van der Waals surface area contributed by atoms with Gasteiger partial charge in [-0.3, -0.25) is 0 Å². The molecule has 0 aromatic rings. The van der Waals surface area contributed by atoms with E-state index in [1.165, 1.54) is 0 Å². The zero-order valence-electron chi connectivity index (χ0n) is 7.45. The monoisotopic (exact) mass is 175 g/mol. The minimum absolute atomic E-state index is 0.0729. The van der Waals surface area contributed by atoms with E-state index in [4.69, 9.17) is 14.6 Å². The maximum absolute atomic E-state index is 8.86. The van der Waals surface area contributed by atoms with Crippen molar-refractivity contribution in [1.82, 2.24) is 5.32 Å². The van der Waals surface area contributed by atoms with E-state index in [-0.39, 0.29) is 18.8 Å². The average molecular weight is 175 g/mol. The quantitative estimate of drug-likeness (QED) is 0.587. The van der Waals surface area contributed by atoms with Gasteiger partial charge in [0, 0.05) is 13.7 Å². The van der Waals surface area contributed by atoms with Crippen molar-refractivity contribution in [2.75, 3.05) is 33.4 Å². The Bertz CT molecular complexity index is 107. The summed E-state index contributed by atoms with van der Waals surface area (Å²) in [5, 5.41) is 12.0. The minimum atomic E-state index is -0.0806. The van der Waals surface area contributed by atoms with Gasteiger partial charge in [0.15, 0.2) is 0 Å². The van der Waals surface area contributed by atoms with Crippen LogP contribution in [0.2, 0.25) is 0 Å². The number of hydrogen-bond donors (Lipinski definition) is 2. The molecule has 2 atom stereocenters. The Kier molecular flexibility index (Phi) is 4.53. The highest BCUT2D eigenvalue weighted by molar-refractivity contribution is 4.68. The van der Waals surface area contributed by atoms with Crippen LogP contribution in [0.5, 0.6) is 0 Å². The maximum atomic E-state index is 8.86. The lowest BCUT2D eigenvalue weighted by Gasteiger charge is -2.24. The molecule has 0 bridgehead atoms. The number of aliphatic hydroxyl groups excluding tert-OH is 1. The molecule has 1 fully saturated rings. The van der Waals surface area contributed by atoms with Crippen LogP contribution < -0.4 is 5.32 Å². The summed E-state index contributed by atoms with van der Waals surface area (Å²) in [6.07, 6.45) is 1.05. The highest BCUT2D eigenvalue weighted by Crippen LogP contribution is 2.02. The number of methoxy groups -OCH3 is 1. The Balaban J connectivity index is 2.28. The third-order valence-electron chi connectivity index (χ3n) is 2.07. The van der Waals surface area contributed by atoms with Crippen molar-refractivity contribution in [2.45, 2.75) is 18.6 Å². The fourth-order valence-electron chi connectivity index (χ4n) is 1.21. The van der Waals surface area contributed by atoms with Crippen LogP contribution >= 0.6 is 0 Å². The number of rotatable bonds is 2. The molecule has 0 amide bonds. The molecule has 0 saturated carbocycles. The van der Waals surface area contributed by atoms with Gasteiger partial charge in [0.1, 0.15) is 0 Å². The summed E-state index contributed by atoms with van der Waals surface area (Å²) in [5.41, 5.74) is 0. The fraction of sp³-hybridized carbons (Fsp3) is 1.00. The van der Waals surface area contributed by atoms with Crippen LogP contribution in [0.3, 0.4) is 0 Å². The van der Waals surface area contributed by atoms with Gasteiger partial charge in [-0.2, -0.15) is 0 Å². The normalized spacial score (nSPS) is 32.5. The molecule has 1 rings (SSSR count). The second kappa shape index (κ2) is 5.48. The predicted molar refractivity (Wildman–Crippen MR) is 45.1 cm³/mol. The van der Waals surface area contributed by atoms with E-state index < -0.39 is 0 Å². The third kappa shape index (κ3) is 3.06. The first-order chi connectivity index (χ1) is 5.86. The Labute approximate surface area is 72.9 Å². The molecule has 0 aromatic carbocycles. The second-order valence-corrected chi connectivity index (χ2v) is 2.99. The van der Waals surface area contributed by atoms with Crippen molar-refractivity contribution in [3.8, 4) is 0 Å². The fourth-order valence-corrected chi connectivity index (χ4v) is 1.21. The van der Waals surface area contributed by atoms with E-state index in [1.54, 1.807) is 7.11 Å². The molecule has 1 unspecified atom stereocenters. The number of ether oxygens (including phenoxy) is 2. The molecule has 0 aromatic heterocycles. The summed E-state index contributed by atoms with van der Waals surface area (Å²) in [6, 6.07) is 0. The molecule has 12 heavy (non-hydrogen) atoms. The molecular weight excluding hydrogens is 158 g/mol. The van der Waals surface area contributed by atoms with Crippen LogP contribution in [0.15, 0.2) is 0 Å². The van der Waals surface area contributed by atoms with Crippen molar-refractivity contribution in [3.63, 3.8) is 0 Å². The van der Waals surface area contributed by atoms with Gasteiger partial charge in [0.05, 0.1) is 25.4 Å². The van der Waals surface area contributed by atoms with Crippen LogP contribution in [0.1, 0.15) is 6.42 Å². The molecular formula is C8H17NO3. The van der Waals surface area contributed by atoms with Crippen molar-refractivity contribution in [1.29, 1.82) is 0 Å². The molecule has 1 aliphatic rings. The van der Waals surface area contributed by atoms with Gasteiger partial charge < -0.3 is 19.9 Å². The van der Waals surface area contributed by atoms with Gasteiger partial charge in [-0.25, -0.2) is 0 Å². The molecule has 4 heteroatoms. The standard InChI is InChI=1S/C8H17NO3/c1-11-7-2-3-9-4-8(5-10)12-6-7/h7-10H,2-6H2,1H3/t7?,8-/m0/s1. The minimum Gasteiger partial charge on any atom is -0.394 e. The van der Waals surface area contributed by atoms with Gasteiger partial charge in [-0.15, -0.1) is 0 Å². The SMILES string of the molecule is COC1CCNC[C@@H](CO)OC1. The van der Waals surface area contributed by atoms with Gasteiger partial charge in [0.25, 0.3) is 0 Å². The van der Waals surface area contributed by atoms with E-state index in [1.807, 2.05) is 0 Å². The molecule has 0 radical (unpaired) electrons. The number of aliphatic hydroxyl groups is 1. The predicted octanol–water partition coefficient (Wildman–Crippen LogP) is -0.628. The van der Waals surface area contributed by atoms with Crippen LogP contribution in [0.25, 0.3) is 0 Å². The highest BCUT2D eigenvalue weighted by atomic mass is 16.5. The topological polar surface area (TPSA) is 50.7 Å². The van der Waals surface area contributed by atoms with Crippen LogP contribution in [-0.2, 0) is 9.47 Å². The van der Waals surface area contributed by atoms with Gasteiger partial charge in [0.2, 0.25) is 0 Å². The van der Waals surface area contributed by atoms with E-state index in [0.717, 1.165) is 19.5 Å². The molecule has 4 nitrogen and oxygen atoms in total. The lowest BCUT2D eigenvalue weighted by molar-refractivity contribution is -0.0542. The summed E-state index contributed by atoms with van der Waals surface area (Å²) in [7, 11) is 1.68. The maximum Gasteiger partial charge on any atom is 0.0930 e. The van der Waals surface area contributed by atoms with Crippen LogP contribution in [0, 0.1) is 0 Å². The molecule has 0 spiro atoms. The van der Waals surface area contributed by atoms with Crippen molar-refractivity contribution in [3.05, 3.63) is 0 Å². The van der Waals surface area contributed by atoms with Crippen molar-refractivity contribution < 1.29 is 14.6 Å². The summed E-state index contributed by atoms with van der Waals surface area (Å²) < 4.78 is 10.6. The third-order valence-corrected chi connectivity index (χ3v) is 2.07. The molecule has 2 N–H and O–H groups in total. The average Bonchev–Trinajstić information content (AvgIpc) is 2.05. The first kappa shape index (κ1) is 9.92. The second-order valence-electron chi connectivity index (χ2n) is 2.99. The Morgan fingerprint density at radius 2 is 2.50 bits per heavy atom. The van der Waals surface area contributed by atoms with E-state index >= 15 is 0 Å². The highest BCUT2D eigenvalue weighted by Gasteiger charge is 2.15. The molecule has 72 valence electrons. The van der Waals surface area contributed by atoms with Gasteiger partial charge in [-0.05, 0) is 13.0 Å². The molecule has 1 aliphatic heterocycles. The number of hydrogen-bond acceptors (Lipinski definition) is 4. The van der Waals surface area contributed by atoms with Crippen LogP contribution in [0.4, 0.5) is 0 Å².